The molecule has 1 amide bonds. The minimum atomic E-state index is -0.0668. The van der Waals surface area contributed by atoms with Gasteiger partial charge in [0.1, 0.15) is 0 Å². The standard InChI is InChI=1S/C15H23NO2S/c1-11(2)14(8-9-17)16-15(18)13-6-4-12(5-7-13)10-19-3/h4-7,11,14,17H,8-10H2,1-3H3,(H,16,18). The van der Waals surface area contributed by atoms with Gasteiger partial charge in [-0.2, -0.15) is 11.8 Å². The summed E-state index contributed by atoms with van der Waals surface area (Å²) in [6.07, 6.45) is 2.65. The van der Waals surface area contributed by atoms with Gasteiger partial charge in [-0.1, -0.05) is 26.0 Å². The lowest BCUT2D eigenvalue weighted by Gasteiger charge is -2.21. The van der Waals surface area contributed by atoms with Crippen molar-refractivity contribution in [3.63, 3.8) is 0 Å². The summed E-state index contributed by atoms with van der Waals surface area (Å²) < 4.78 is 0. The molecule has 0 radical (unpaired) electrons. The van der Waals surface area contributed by atoms with Crippen molar-refractivity contribution in [2.45, 2.75) is 32.1 Å². The number of benzene rings is 1. The molecule has 0 spiro atoms. The van der Waals surface area contributed by atoms with Crippen molar-refractivity contribution in [2.24, 2.45) is 5.92 Å². The predicted octanol–water partition coefficient (Wildman–Crippen LogP) is 2.69. The van der Waals surface area contributed by atoms with Gasteiger partial charge in [-0.3, -0.25) is 4.79 Å². The molecule has 0 aliphatic rings. The van der Waals surface area contributed by atoms with E-state index in [4.69, 9.17) is 5.11 Å². The van der Waals surface area contributed by atoms with E-state index in [-0.39, 0.29) is 18.6 Å². The van der Waals surface area contributed by atoms with Crippen LogP contribution in [0.5, 0.6) is 0 Å². The minimum absolute atomic E-state index is 0.0170. The molecule has 0 aromatic heterocycles. The van der Waals surface area contributed by atoms with Crippen molar-refractivity contribution in [1.82, 2.24) is 5.32 Å². The molecule has 1 aromatic carbocycles. The van der Waals surface area contributed by atoms with E-state index < -0.39 is 0 Å². The fourth-order valence-corrected chi connectivity index (χ4v) is 2.41. The number of amides is 1. The number of aliphatic hydroxyl groups excluding tert-OH is 1. The summed E-state index contributed by atoms with van der Waals surface area (Å²) in [6, 6.07) is 7.71. The number of hydrogen-bond donors (Lipinski definition) is 2. The van der Waals surface area contributed by atoms with Crippen LogP contribution in [0.2, 0.25) is 0 Å². The lowest BCUT2D eigenvalue weighted by atomic mass is 10.0. The number of rotatable bonds is 7. The van der Waals surface area contributed by atoms with E-state index >= 15 is 0 Å². The second-order valence-electron chi connectivity index (χ2n) is 4.97. The van der Waals surface area contributed by atoms with E-state index in [1.54, 1.807) is 11.8 Å². The third kappa shape index (κ3) is 5.25. The van der Waals surface area contributed by atoms with Gasteiger partial charge in [0.2, 0.25) is 0 Å². The Labute approximate surface area is 119 Å². The molecule has 1 aromatic rings. The number of aliphatic hydroxyl groups is 1. The van der Waals surface area contributed by atoms with Crippen LogP contribution in [0.25, 0.3) is 0 Å². The Morgan fingerprint density at radius 2 is 1.95 bits per heavy atom. The molecule has 0 fully saturated rings. The molecule has 0 saturated heterocycles. The molecule has 2 N–H and O–H groups in total. The topological polar surface area (TPSA) is 49.3 Å². The summed E-state index contributed by atoms with van der Waals surface area (Å²) in [5.41, 5.74) is 1.90. The Balaban J connectivity index is 2.66. The predicted molar refractivity (Wildman–Crippen MR) is 81.5 cm³/mol. The molecule has 0 bridgehead atoms. The smallest absolute Gasteiger partial charge is 0.251 e. The lowest BCUT2D eigenvalue weighted by molar-refractivity contribution is 0.0916. The maximum atomic E-state index is 12.1. The summed E-state index contributed by atoms with van der Waals surface area (Å²) in [6.45, 7) is 4.18. The summed E-state index contributed by atoms with van der Waals surface area (Å²) in [7, 11) is 0. The quantitative estimate of drug-likeness (QED) is 0.808. The van der Waals surface area contributed by atoms with E-state index in [2.05, 4.69) is 11.6 Å². The monoisotopic (exact) mass is 281 g/mol. The highest BCUT2D eigenvalue weighted by Crippen LogP contribution is 2.12. The average molecular weight is 281 g/mol. The van der Waals surface area contributed by atoms with Crippen molar-refractivity contribution >= 4 is 17.7 Å². The van der Waals surface area contributed by atoms with Gasteiger partial charge in [-0.05, 0) is 36.3 Å². The third-order valence-electron chi connectivity index (χ3n) is 3.09. The largest absolute Gasteiger partial charge is 0.396 e. The Morgan fingerprint density at radius 1 is 1.32 bits per heavy atom. The maximum absolute atomic E-state index is 12.1. The zero-order valence-corrected chi connectivity index (χ0v) is 12.7. The van der Waals surface area contributed by atoms with Crippen LogP contribution in [0.1, 0.15) is 36.2 Å². The van der Waals surface area contributed by atoms with Gasteiger partial charge in [0, 0.05) is 24.0 Å². The van der Waals surface area contributed by atoms with Crippen LogP contribution in [0, 0.1) is 5.92 Å². The second-order valence-corrected chi connectivity index (χ2v) is 5.83. The summed E-state index contributed by atoms with van der Waals surface area (Å²) in [5, 5.41) is 12.0. The molecule has 106 valence electrons. The highest BCUT2D eigenvalue weighted by Gasteiger charge is 2.16. The molecular weight excluding hydrogens is 258 g/mol. The Kier molecular flexibility index (Phi) is 6.95. The normalized spacial score (nSPS) is 12.5. The molecule has 0 heterocycles. The van der Waals surface area contributed by atoms with Crippen molar-refractivity contribution in [2.75, 3.05) is 12.9 Å². The molecule has 1 atom stereocenters. The van der Waals surface area contributed by atoms with Crippen molar-refractivity contribution in [3.05, 3.63) is 35.4 Å². The van der Waals surface area contributed by atoms with Crippen LogP contribution in [0.3, 0.4) is 0 Å². The minimum Gasteiger partial charge on any atom is -0.396 e. The molecule has 0 aliphatic heterocycles. The maximum Gasteiger partial charge on any atom is 0.251 e. The van der Waals surface area contributed by atoms with E-state index in [0.717, 1.165) is 5.75 Å². The number of hydrogen-bond acceptors (Lipinski definition) is 3. The van der Waals surface area contributed by atoms with Crippen LogP contribution in [-0.4, -0.2) is 29.9 Å². The van der Waals surface area contributed by atoms with Crippen LogP contribution in [0.4, 0.5) is 0 Å². The van der Waals surface area contributed by atoms with Gasteiger partial charge in [-0.25, -0.2) is 0 Å². The Morgan fingerprint density at radius 3 is 2.42 bits per heavy atom. The zero-order chi connectivity index (χ0) is 14.3. The molecule has 19 heavy (non-hydrogen) atoms. The van der Waals surface area contributed by atoms with Gasteiger partial charge in [0.05, 0.1) is 0 Å². The van der Waals surface area contributed by atoms with Gasteiger partial charge < -0.3 is 10.4 Å². The summed E-state index contributed by atoms with van der Waals surface area (Å²) in [5.74, 6) is 1.20. The number of carbonyl (C=O) groups excluding carboxylic acids is 1. The van der Waals surface area contributed by atoms with Crippen LogP contribution < -0.4 is 5.32 Å². The van der Waals surface area contributed by atoms with E-state index in [1.807, 2.05) is 38.1 Å². The first-order valence-electron chi connectivity index (χ1n) is 6.58. The second kappa shape index (κ2) is 8.23. The number of nitrogens with one attached hydrogen (secondary N) is 1. The van der Waals surface area contributed by atoms with Crippen LogP contribution >= 0.6 is 11.8 Å². The summed E-state index contributed by atoms with van der Waals surface area (Å²) >= 11 is 1.76. The fraction of sp³-hybridized carbons (Fsp3) is 0.533. The molecule has 0 aliphatic carbocycles. The highest BCUT2D eigenvalue weighted by molar-refractivity contribution is 7.97. The first-order valence-corrected chi connectivity index (χ1v) is 7.97. The van der Waals surface area contributed by atoms with Gasteiger partial charge in [0.25, 0.3) is 5.91 Å². The molecule has 0 saturated carbocycles. The Hall–Kier alpha value is -1.00. The number of carbonyl (C=O) groups is 1. The van der Waals surface area contributed by atoms with Crippen molar-refractivity contribution in [3.8, 4) is 0 Å². The van der Waals surface area contributed by atoms with Crippen molar-refractivity contribution in [1.29, 1.82) is 0 Å². The molecule has 3 nitrogen and oxygen atoms in total. The van der Waals surface area contributed by atoms with E-state index in [0.29, 0.717) is 17.9 Å². The Bertz CT molecular complexity index is 390. The third-order valence-corrected chi connectivity index (χ3v) is 3.71. The lowest BCUT2D eigenvalue weighted by Crippen LogP contribution is -2.39. The SMILES string of the molecule is CSCc1ccc(C(=O)NC(CCO)C(C)C)cc1. The van der Waals surface area contributed by atoms with Gasteiger partial charge in [-0.15, -0.1) is 0 Å². The number of thioether (sulfide) groups is 1. The summed E-state index contributed by atoms with van der Waals surface area (Å²) in [4.78, 5) is 12.1. The van der Waals surface area contributed by atoms with E-state index in [1.165, 1.54) is 5.56 Å². The molecule has 1 unspecified atom stereocenters. The highest BCUT2D eigenvalue weighted by atomic mass is 32.2. The average Bonchev–Trinajstić information content (AvgIpc) is 2.39. The first-order chi connectivity index (χ1) is 9.08. The molecule has 4 heteroatoms. The fourth-order valence-electron chi connectivity index (χ4n) is 1.88. The molecule has 1 rings (SSSR count). The van der Waals surface area contributed by atoms with Gasteiger partial charge in [0.15, 0.2) is 0 Å². The van der Waals surface area contributed by atoms with E-state index in [9.17, 15) is 4.79 Å². The van der Waals surface area contributed by atoms with Crippen molar-refractivity contribution < 1.29 is 9.90 Å². The van der Waals surface area contributed by atoms with Crippen LogP contribution in [0.15, 0.2) is 24.3 Å². The molecular formula is C15H23NO2S. The van der Waals surface area contributed by atoms with Crippen LogP contribution in [-0.2, 0) is 5.75 Å². The van der Waals surface area contributed by atoms with Gasteiger partial charge >= 0.3 is 0 Å². The first kappa shape index (κ1) is 16.1. The zero-order valence-electron chi connectivity index (χ0n) is 11.8.